The third-order valence-electron chi connectivity index (χ3n) is 5.87. The number of rotatable bonds is 12. The molecule has 0 amide bonds. The van der Waals surface area contributed by atoms with Gasteiger partial charge in [0, 0.05) is 18.2 Å². The van der Waals surface area contributed by atoms with Crippen LogP contribution in [0.1, 0.15) is 40.5 Å². The van der Waals surface area contributed by atoms with E-state index in [1.165, 1.54) is 0 Å². The minimum atomic E-state index is -1.89. The van der Waals surface area contributed by atoms with E-state index in [2.05, 4.69) is 39.2 Å². The van der Waals surface area contributed by atoms with E-state index in [-0.39, 0.29) is 11.6 Å². The Morgan fingerprint density at radius 1 is 1.26 bits per heavy atom. The molecule has 0 radical (unpaired) electrons. The third kappa shape index (κ3) is 8.17. The van der Waals surface area contributed by atoms with Gasteiger partial charge in [-0.25, -0.2) is 4.79 Å². The maximum Gasteiger partial charge on any atom is 0.328 e. The molecule has 0 saturated heterocycles. The number of nitrogens with one attached hydrogen (secondary N) is 1. The lowest BCUT2D eigenvalue weighted by Crippen LogP contribution is -2.44. The summed E-state index contributed by atoms with van der Waals surface area (Å²) in [6, 6.07) is 8.12. The minimum absolute atomic E-state index is 0.0992. The summed E-state index contributed by atoms with van der Waals surface area (Å²) in [5, 5.41) is 23.0. The van der Waals surface area contributed by atoms with E-state index in [9.17, 15) is 15.2 Å². The van der Waals surface area contributed by atoms with Crippen molar-refractivity contribution in [1.29, 1.82) is 5.26 Å². The van der Waals surface area contributed by atoms with Gasteiger partial charge in [-0.3, -0.25) is 0 Å². The number of carbonyl (C=O) groups is 1. The number of nitrogens with zero attached hydrogens (tertiary/aromatic N) is 1. The van der Waals surface area contributed by atoms with Crippen LogP contribution in [-0.4, -0.2) is 51.9 Å². The molecule has 0 aliphatic heterocycles. The van der Waals surface area contributed by atoms with Crippen LogP contribution < -0.4 is 10.1 Å². The monoisotopic (exact) mass is 450 g/mol. The normalized spacial score (nSPS) is 14.8. The van der Waals surface area contributed by atoms with Crippen LogP contribution in [0.25, 0.3) is 0 Å². The summed E-state index contributed by atoms with van der Waals surface area (Å²) in [6.07, 6.45) is -0.250. The van der Waals surface area contributed by atoms with Gasteiger partial charge in [0.1, 0.15) is 17.9 Å². The fourth-order valence-electron chi connectivity index (χ4n) is 2.91. The zero-order valence-corrected chi connectivity index (χ0v) is 20.9. The van der Waals surface area contributed by atoms with Gasteiger partial charge in [-0.15, -0.1) is 0 Å². The van der Waals surface area contributed by atoms with Crippen molar-refractivity contribution < 1.29 is 23.8 Å². The molecule has 0 spiro atoms. The zero-order chi connectivity index (χ0) is 23.7. The molecule has 0 bridgehead atoms. The van der Waals surface area contributed by atoms with Crippen LogP contribution >= 0.6 is 0 Å². The van der Waals surface area contributed by atoms with Crippen molar-refractivity contribution in [3.63, 3.8) is 0 Å². The third-order valence-corrected chi connectivity index (χ3v) is 10.4. The van der Waals surface area contributed by atoms with Crippen LogP contribution in [0.15, 0.2) is 24.3 Å². The maximum absolute atomic E-state index is 12.7. The second-order valence-electron chi connectivity index (χ2n) is 9.09. The van der Waals surface area contributed by atoms with Crippen LogP contribution in [0.4, 0.5) is 5.69 Å². The fraction of sp³-hybridized carbons (Fsp3) is 0.652. The molecule has 2 N–H and O–H groups in total. The number of anilines is 1. The first-order chi connectivity index (χ1) is 14.5. The Hall–Kier alpha value is -2.08. The minimum Gasteiger partial charge on any atom is -0.497 e. The molecular formula is C23H38N2O5Si. The van der Waals surface area contributed by atoms with Crippen molar-refractivity contribution in [2.45, 2.75) is 70.8 Å². The van der Waals surface area contributed by atoms with Crippen molar-refractivity contribution in [2.75, 3.05) is 25.6 Å². The Bertz CT molecular complexity index is 725. The molecule has 0 aromatic heterocycles. The molecule has 0 fully saturated rings. The van der Waals surface area contributed by atoms with Gasteiger partial charge < -0.3 is 24.3 Å². The average molecular weight is 451 g/mol. The summed E-state index contributed by atoms with van der Waals surface area (Å²) in [7, 11) is -0.312. The highest BCUT2D eigenvalue weighted by molar-refractivity contribution is 6.74. The summed E-state index contributed by atoms with van der Waals surface area (Å²) >= 11 is 0. The average Bonchev–Trinajstić information content (AvgIpc) is 2.71. The summed E-state index contributed by atoms with van der Waals surface area (Å²) in [6.45, 7) is 13.4. The van der Waals surface area contributed by atoms with Gasteiger partial charge >= 0.3 is 5.97 Å². The lowest BCUT2D eigenvalue weighted by molar-refractivity contribution is -0.146. The van der Waals surface area contributed by atoms with Gasteiger partial charge in [-0.05, 0) is 62.2 Å². The van der Waals surface area contributed by atoms with E-state index in [1.54, 1.807) is 38.3 Å². The van der Waals surface area contributed by atoms with Gasteiger partial charge in [-0.1, -0.05) is 20.8 Å². The highest BCUT2D eigenvalue weighted by Gasteiger charge is 2.38. The second-order valence-corrected chi connectivity index (χ2v) is 13.9. The molecule has 174 valence electrons. The fourth-order valence-corrected chi connectivity index (χ4v) is 3.99. The van der Waals surface area contributed by atoms with Crippen LogP contribution in [0.2, 0.25) is 18.1 Å². The maximum atomic E-state index is 12.7. The molecule has 1 aromatic carbocycles. The number of carbonyl (C=O) groups excluding carboxylic acids is 1. The zero-order valence-electron chi connectivity index (χ0n) is 19.9. The van der Waals surface area contributed by atoms with E-state index in [4.69, 9.17) is 13.9 Å². The lowest BCUT2D eigenvalue weighted by Gasteiger charge is -2.36. The van der Waals surface area contributed by atoms with Crippen molar-refractivity contribution in [1.82, 2.24) is 0 Å². The van der Waals surface area contributed by atoms with Gasteiger partial charge in [0.25, 0.3) is 0 Å². The first-order valence-corrected chi connectivity index (χ1v) is 13.7. The standard InChI is InChI=1S/C23H38N2O5Si/c1-8-29-22(27)21(25-17-11-13-18(28-5)14-12-17)19(20(26)16-24)10-9-15-30-31(6,7)23(2,3)4/h11-14,19-21,25-26H,8-10,15H2,1-7H3/t19-,20+,21+/m1/s1. The Morgan fingerprint density at radius 3 is 2.35 bits per heavy atom. The van der Waals surface area contributed by atoms with Gasteiger partial charge in [0.2, 0.25) is 0 Å². The van der Waals surface area contributed by atoms with Gasteiger partial charge in [0.15, 0.2) is 8.32 Å². The molecule has 1 rings (SSSR count). The lowest BCUT2D eigenvalue weighted by atomic mass is 9.89. The molecule has 3 atom stereocenters. The first kappa shape index (κ1) is 27.0. The van der Waals surface area contributed by atoms with Crippen molar-refractivity contribution in [3.8, 4) is 11.8 Å². The molecule has 31 heavy (non-hydrogen) atoms. The Kier molecular flexibility index (Phi) is 10.5. The highest BCUT2D eigenvalue weighted by atomic mass is 28.4. The van der Waals surface area contributed by atoms with E-state index < -0.39 is 32.4 Å². The topological polar surface area (TPSA) is 101 Å². The summed E-state index contributed by atoms with van der Waals surface area (Å²) in [5.41, 5.74) is 0.673. The summed E-state index contributed by atoms with van der Waals surface area (Å²) < 4.78 is 16.6. The van der Waals surface area contributed by atoms with E-state index in [1.807, 2.05) is 6.07 Å². The highest BCUT2D eigenvalue weighted by Crippen LogP contribution is 2.36. The van der Waals surface area contributed by atoms with E-state index in [0.717, 1.165) is 0 Å². The van der Waals surface area contributed by atoms with Gasteiger partial charge in [-0.2, -0.15) is 5.26 Å². The van der Waals surface area contributed by atoms with Crippen LogP contribution in [0, 0.1) is 17.2 Å². The molecule has 1 aromatic rings. The SMILES string of the molecule is CCOC(=O)[C@@H](Nc1ccc(OC)cc1)[C@H](CCCO[Si](C)(C)C(C)(C)C)[C@@H](O)C#N. The van der Waals surface area contributed by atoms with Crippen LogP contribution in [0.5, 0.6) is 5.75 Å². The number of methoxy groups -OCH3 is 1. The van der Waals surface area contributed by atoms with E-state index >= 15 is 0 Å². The number of ether oxygens (including phenoxy) is 2. The molecule has 0 saturated carbocycles. The number of aliphatic hydroxyl groups excluding tert-OH is 1. The molecule has 0 unspecified atom stereocenters. The molecule has 7 nitrogen and oxygen atoms in total. The van der Waals surface area contributed by atoms with Crippen LogP contribution in [0.3, 0.4) is 0 Å². The summed E-state index contributed by atoms with van der Waals surface area (Å²) in [5.74, 6) is -0.452. The van der Waals surface area contributed by atoms with Crippen LogP contribution in [-0.2, 0) is 14.0 Å². The Morgan fingerprint density at radius 2 is 1.87 bits per heavy atom. The largest absolute Gasteiger partial charge is 0.497 e. The molecule has 0 aliphatic rings. The number of esters is 1. The number of hydrogen-bond donors (Lipinski definition) is 2. The van der Waals surface area contributed by atoms with Gasteiger partial charge in [0.05, 0.1) is 19.8 Å². The first-order valence-electron chi connectivity index (χ1n) is 10.8. The van der Waals surface area contributed by atoms with Crippen molar-refractivity contribution in [3.05, 3.63) is 24.3 Å². The molecule has 0 aliphatic carbocycles. The smallest absolute Gasteiger partial charge is 0.328 e. The molecule has 8 heteroatoms. The Balaban J connectivity index is 2.96. The van der Waals surface area contributed by atoms with Crippen molar-refractivity contribution in [2.24, 2.45) is 5.92 Å². The molecule has 0 heterocycles. The number of nitriles is 1. The number of aliphatic hydroxyl groups is 1. The quantitative estimate of drug-likeness (QED) is 0.211. The number of benzene rings is 1. The van der Waals surface area contributed by atoms with E-state index in [0.29, 0.717) is 30.9 Å². The van der Waals surface area contributed by atoms with Crippen molar-refractivity contribution >= 4 is 20.0 Å². The molecular weight excluding hydrogens is 412 g/mol. The summed E-state index contributed by atoms with van der Waals surface area (Å²) in [4.78, 5) is 12.7. The predicted octanol–water partition coefficient (Wildman–Crippen LogP) is 4.34. The number of hydrogen-bond acceptors (Lipinski definition) is 7. The Labute approximate surface area is 187 Å². The predicted molar refractivity (Wildman–Crippen MR) is 125 cm³/mol. The second kappa shape index (κ2) is 12.1.